The van der Waals surface area contributed by atoms with Gasteiger partial charge in [0, 0.05) is 11.1 Å². The molecule has 0 saturated heterocycles. The van der Waals surface area contributed by atoms with Crippen LogP contribution < -0.4 is 10.7 Å². The van der Waals surface area contributed by atoms with Crippen LogP contribution >= 0.6 is 0 Å². The molecule has 0 fully saturated rings. The Bertz CT molecular complexity index is 2020. The van der Waals surface area contributed by atoms with Gasteiger partial charge in [0.15, 0.2) is 0 Å². The van der Waals surface area contributed by atoms with E-state index in [9.17, 15) is 19.2 Å². The number of hydrogen-bond acceptors (Lipinski definition) is 6. The average Bonchev–Trinajstić information content (AvgIpc) is 3.67. The molecule has 2 aromatic carbocycles. The zero-order valence-corrected chi connectivity index (χ0v) is 25.8. The first kappa shape index (κ1) is 31.4. The first-order chi connectivity index (χ1) is 21.0. The van der Waals surface area contributed by atoms with Gasteiger partial charge >= 0.3 is 0 Å². The molecule has 4 aromatic rings. The summed E-state index contributed by atoms with van der Waals surface area (Å²) in [5, 5.41) is 1.47. The highest BCUT2D eigenvalue weighted by molar-refractivity contribution is 6.11. The highest BCUT2D eigenvalue weighted by Gasteiger charge is 2.32. The van der Waals surface area contributed by atoms with Crippen molar-refractivity contribution in [2.75, 3.05) is 0 Å². The molecule has 4 heterocycles. The van der Waals surface area contributed by atoms with Crippen LogP contribution in [0.1, 0.15) is 73.6 Å². The van der Waals surface area contributed by atoms with Crippen LogP contribution in [0.4, 0.5) is 0 Å². The minimum atomic E-state index is -0.134. The van der Waals surface area contributed by atoms with Crippen LogP contribution in [0.3, 0.4) is 0 Å². The third-order valence-corrected chi connectivity index (χ3v) is 6.67. The number of carbonyl (C=O) groups is 4. The van der Waals surface area contributed by atoms with Gasteiger partial charge in [-0.2, -0.15) is 0 Å². The van der Waals surface area contributed by atoms with Crippen LogP contribution in [0.15, 0.2) is 61.7 Å². The van der Waals surface area contributed by atoms with Gasteiger partial charge in [0.2, 0.25) is 0 Å². The Morgan fingerprint density at radius 1 is 0.750 bits per heavy atom. The van der Waals surface area contributed by atoms with E-state index in [0.717, 1.165) is 38.6 Å². The molecular formula is C36H34N4O4. The van der Waals surface area contributed by atoms with Crippen LogP contribution in [-0.4, -0.2) is 42.5 Å². The predicted molar refractivity (Wildman–Crippen MR) is 175 cm³/mol. The fourth-order valence-electron chi connectivity index (χ4n) is 5.07. The number of ketones is 2. The standard InChI is InChI=1S/C30H22N4O2.2C3H6O/c1-5-9-24-25(8-4)33-28(32-24)20-14-12-17(15-21(20)29(33)35)18-11-13-19-22(16-18)30(36)34-26(10-6-2)23(7-3)31-27(19)34;2*1-3(2)4/h5-16H,2,4H2,1,3H3;2*1-2H3/b9-5-,23-7+,26-10+;;. The summed E-state index contributed by atoms with van der Waals surface area (Å²) in [5.74, 6) is 1.32. The number of aromatic nitrogens is 4. The third kappa shape index (κ3) is 5.62. The van der Waals surface area contributed by atoms with Crippen LogP contribution in [0.5, 0.6) is 0 Å². The maximum absolute atomic E-state index is 13.4. The largest absolute Gasteiger partial charge is 0.300 e. The van der Waals surface area contributed by atoms with E-state index in [1.54, 1.807) is 27.4 Å². The minimum absolute atomic E-state index is 0.125. The van der Waals surface area contributed by atoms with E-state index >= 15 is 0 Å². The fourth-order valence-corrected chi connectivity index (χ4v) is 5.07. The van der Waals surface area contributed by atoms with E-state index in [2.05, 4.69) is 23.1 Å². The number of nitrogens with zero attached hydrogens (tertiary/aromatic N) is 4. The molecule has 2 aromatic heterocycles. The van der Waals surface area contributed by atoms with Crippen molar-refractivity contribution in [3.63, 3.8) is 0 Å². The van der Waals surface area contributed by atoms with E-state index in [-0.39, 0.29) is 23.4 Å². The summed E-state index contributed by atoms with van der Waals surface area (Å²) in [6.07, 6.45) is 10.8. The molecule has 8 nitrogen and oxygen atoms in total. The summed E-state index contributed by atoms with van der Waals surface area (Å²) in [6, 6.07) is 11.5. The lowest BCUT2D eigenvalue weighted by Crippen LogP contribution is -2.32. The monoisotopic (exact) mass is 586 g/mol. The Morgan fingerprint density at radius 2 is 1.25 bits per heavy atom. The number of imidazole rings is 2. The maximum atomic E-state index is 13.4. The molecule has 44 heavy (non-hydrogen) atoms. The normalized spacial score (nSPS) is 13.0. The lowest BCUT2D eigenvalue weighted by Gasteiger charge is -2.07. The van der Waals surface area contributed by atoms with E-state index in [0.29, 0.717) is 28.5 Å². The van der Waals surface area contributed by atoms with Crippen molar-refractivity contribution >= 4 is 47.7 Å². The molecule has 0 saturated carbocycles. The van der Waals surface area contributed by atoms with E-state index in [1.165, 1.54) is 27.7 Å². The molecule has 0 N–H and O–H groups in total. The molecule has 0 unspecified atom stereocenters. The third-order valence-electron chi connectivity index (χ3n) is 6.67. The van der Waals surface area contributed by atoms with Gasteiger partial charge in [0.1, 0.15) is 23.2 Å². The molecule has 0 aliphatic carbocycles. The van der Waals surface area contributed by atoms with Gasteiger partial charge in [0.25, 0.3) is 11.8 Å². The molecule has 0 radical (unpaired) electrons. The zero-order chi connectivity index (χ0) is 32.3. The Morgan fingerprint density at radius 3 is 1.70 bits per heavy atom. The van der Waals surface area contributed by atoms with Crippen molar-refractivity contribution < 1.29 is 19.2 Å². The highest BCUT2D eigenvalue weighted by Crippen LogP contribution is 2.38. The van der Waals surface area contributed by atoms with Crippen molar-refractivity contribution in [3.05, 3.63) is 94.9 Å². The van der Waals surface area contributed by atoms with Crippen LogP contribution in [0, 0.1) is 0 Å². The quantitative estimate of drug-likeness (QED) is 0.262. The Kier molecular flexibility index (Phi) is 9.14. The Balaban J connectivity index is 0.000000496. The number of benzene rings is 2. The van der Waals surface area contributed by atoms with Crippen molar-refractivity contribution in [2.45, 2.75) is 41.5 Å². The summed E-state index contributed by atoms with van der Waals surface area (Å²) in [5.41, 5.74) is 5.84. The SMILES string of the molecule is C=C/C=c1\c(=C/C)nc2n1C(=O)c1cc(-c3ccc4c(c3)C(=O)n3c-4nc(/C=C\C)c3C=C)ccc1-2.CC(C)=O.CC(C)=O. The highest BCUT2D eigenvalue weighted by atomic mass is 16.2. The lowest BCUT2D eigenvalue weighted by molar-refractivity contribution is -0.115. The van der Waals surface area contributed by atoms with Gasteiger partial charge in [-0.1, -0.05) is 43.5 Å². The second-order valence-electron chi connectivity index (χ2n) is 10.4. The van der Waals surface area contributed by atoms with E-state index < -0.39 is 0 Å². The molecule has 6 rings (SSSR count). The van der Waals surface area contributed by atoms with Crippen LogP contribution in [0.25, 0.3) is 58.2 Å². The average molecular weight is 587 g/mol. The Labute approximate surface area is 256 Å². The van der Waals surface area contributed by atoms with Crippen LogP contribution in [0.2, 0.25) is 0 Å². The summed E-state index contributed by atoms with van der Waals surface area (Å²) in [7, 11) is 0. The molecule has 2 aliphatic heterocycles. The zero-order valence-electron chi connectivity index (χ0n) is 25.8. The number of fused-ring (bicyclic) bond motifs is 6. The lowest BCUT2D eigenvalue weighted by atomic mass is 9.96. The van der Waals surface area contributed by atoms with E-state index in [4.69, 9.17) is 0 Å². The summed E-state index contributed by atoms with van der Waals surface area (Å²) < 4.78 is 3.25. The molecule has 222 valence electrons. The summed E-state index contributed by atoms with van der Waals surface area (Å²) in [6.45, 7) is 17.6. The van der Waals surface area contributed by atoms with Gasteiger partial charge in [-0.25, -0.2) is 9.97 Å². The summed E-state index contributed by atoms with van der Waals surface area (Å²) in [4.78, 5) is 55.0. The molecular weight excluding hydrogens is 552 g/mol. The first-order valence-electron chi connectivity index (χ1n) is 14.1. The van der Waals surface area contributed by atoms with Gasteiger partial charge in [0.05, 0.1) is 33.2 Å². The van der Waals surface area contributed by atoms with Crippen molar-refractivity contribution in [3.8, 4) is 33.9 Å². The first-order valence-corrected chi connectivity index (χ1v) is 14.1. The molecule has 8 heteroatoms. The molecule has 0 spiro atoms. The molecule has 0 atom stereocenters. The minimum Gasteiger partial charge on any atom is -0.300 e. The molecule has 2 aliphatic rings. The topological polar surface area (TPSA) is 104 Å². The van der Waals surface area contributed by atoms with Crippen molar-refractivity contribution in [2.24, 2.45) is 0 Å². The van der Waals surface area contributed by atoms with Gasteiger partial charge in [-0.15, -0.1) is 0 Å². The maximum Gasteiger partial charge on any atom is 0.264 e. The second kappa shape index (κ2) is 12.8. The van der Waals surface area contributed by atoms with E-state index in [1.807, 2.05) is 68.5 Å². The molecule has 0 bridgehead atoms. The Hall–Kier alpha value is -5.50. The van der Waals surface area contributed by atoms with Gasteiger partial charge < -0.3 is 9.59 Å². The summed E-state index contributed by atoms with van der Waals surface area (Å²) >= 11 is 0. The number of allylic oxidation sites excluding steroid dienone is 2. The second-order valence-corrected chi connectivity index (χ2v) is 10.4. The molecule has 0 amide bonds. The number of carbonyl (C=O) groups excluding carboxylic acids is 4. The van der Waals surface area contributed by atoms with Gasteiger partial charge in [-0.05, 0) is 95.2 Å². The number of hydrogen-bond donors (Lipinski definition) is 0. The number of Topliss-reactive ketones (excluding diaryl/α,β-unsaturated/α-hetero) is 2. The van der Waals surface area contributed by atoms with Gasteiger partial charge in [-0.3, -0.25) is 18.7 Å². The smallest absolute Gasteiger partial charge is 0.264 e. The predicted octanol–water partition coefficient (Wildman–Crippen LogP) is 5.72. The fraction of sp³-hybridized carbons (Fsp3) is 0.167. The van der Waals surface area contributed by atoms with Crippen molar-refractivity contribution in [1.29, 1.82) is 0 Å². The number of rotatable bonds is 4. The van der Waals surface area contributed by atoms with Crippen LogP contribution in [-0.2, 0) is 9.59 Å². The van der Waals surface area contributed by atoms with Crippen molar-refractivity contribution in [1.82, 2.24) is 19.1 Å².